The van der Waals surface area contributed by atoms with Gasteiger partial charge in [0.25, 0.3) is 11.8 Å². The summed E-state index contributed by atoms with van der Waals surface area (Å²) in [5.74, 6) is -2.52. The molecule has 2 fully saturated rings. The second-order valence-electron chi connectivity index (χ2n) is 9.92. The molecule has 1 aromatic rings. The molecule has 0 saturated carbocycles. The minimum absolute atomic E-state index is 0.0559. The zero-order valence-corrected chi connectivity index (χ0v) is 20.6. The monoisotopic (exact) mass is 497 g/mol. The Bertz CT molecular complexity index is 1030. The number of carbonyl (C=O) groups is 5. The summed E-state index contributed by atoms with van der Waals surface area (Å²) in [5, 5.41) is 4.95. The summed E-state index contributed by atoms with van der Waals surface area (Å²) in [6.45, 7) is 3.28. The lowest BCUT2D eigenvalue weighted by atomic mass is 10.0. The Morgan fingerprint density at radius 2 is 1.69 bits per heavy atom. The number of piperidine rings is 2. The minimum Gasteiger partial charge on any atom is -0.328 e. The molecule has 3 aliphatic heterocycles. The average Bonchev–Trinajstić information content (AvgIpc) is 3.10. The van der Waals surface area contributed by atoms with E-state index in [1.165, 1.54) is 6.07 Å². The van der Waals surface area contributed by atoms with E-state index in [2.05, 4.69) is 15.5 Å². The van der Waals surface area contributed by atoms with Gasteiger partial charge in [-0.05, 0) is 63.9 Å². The number of likely N-dealkylation sites (tertiary alicyclic amines) is 1. The highest BCUT2D eigenvalue weighted by Gasteiger charge is 2.45. The summed E-state index contributed by atoms with van der Waals surface area (Å²) in [4.78, 5) is 65.6. The first-order chi connectivity index (χ1) is 17.3. The van der Waals surface area contributed by atoms with Crippen LogP contribution in [-0.2, 0) is 14.4 Å². The summed E-state index contributed by atoms with van der Waals surface area (Å²) < 4.78 is 0. The van der Waals surface area contributed by atoms with Crippen LogP contribution >= 0.6 is 0 Å². The van der Waals surface area contributed by atoms with E-state index in [1.807, 2.05) is 0 Å². The number of amides is 5. The summed E-state index contributed by atoms with van der Waals surface area (Å²) in [7, 11) is 0. The molecule has 5 amide bonds. The number of hydrogen-bond acceptors (Lipinski definition) is 7. The summed E-state index contributed by atoms with van der Waals surface area (Å²) in [6.07, 6.45) is 7.66. The molecule has 10 nitrogen and oxygen atoms in total. The molecule has 0 spiro atoms. The Morgan fingerprint density at radius 3 is 2.44 bits per heavy atom. The van der Waals surface area contributed by atoms with Gasteiger partial charge >= 0.3 is 0 Å². The van der Waals surface area contributed by atoms with Crippen LogP contribution in [0.4, 0.5) is 5.69 Å². The third kappa shape index (κ3) is 5.99. The van der Waals surface area contributed by atoms with Crippen molar-refractivity contribution in [1.29, 1.82) is 0 Å². The molecule has 4 N–H and O–H groups in total. The van der Waals surface area contributed by atoms with E-state index in [0.29, 0.717) is 12.5 Å². The van der Waals surface area contributed by atoms with Crippen molar-refractivity contribution in [2.75, 3.05) is 25.0 Å². The van der Waals surface area contributed by atoms with Crippen LogP contribution < -0.4 is 16.4 Å². The van der Waals surface area contributed by atoms with Gasteiger partial charge in [0, 0.05) is 18.9 Å². The highest BCUT2D eigenvalue weighted by Crippen LogP contribution is 2.32. The van der Waals surface area contributed by atoms with Crippen molar-refractivity contribution in [3.05, 3.63) is 29.3 Å². The van der Waals surface area contributed by atoms with Gasteiger partial charge in [0.1, 0.15) is 6.04 Å². The first-order valence-electron chi connectivity index (χ1n) is 13.0. The molecule has 3 aliphatic rings. The SMILES string of the molecule is NC1CCN(CCCCCCCC(=O)Nc2cccc3c2C(=O)N(C2CCC(=O)NC2=O)C3=O)CC1. The van der Waals surface area contributed by atoms with E-state index < -0.39 is 29.7 Å². The number of benzene rings is 1. The number of nitrogens with zero attached hydrogens (tertiary/aromatic N) is 2. The van der Waals surface area contributed by atoms with Gasteiger partial charge in [-0.25, -0.2) is 0 Å². The first-order valence-corrected chi connectivity index (χ1v) is 13.0. The molecule has 194 valence electrons. The molecule has 0 aromatic heterocycles. The number of rotatable bonds is 10. The first kappa shape index (κ1) is 26.0. The third-order valence-electron chi connectivity index (χ3n) is 7.25. The van der Waals surface area contributed by atoms with Crippen LogP contribution in [0.1, 0.15) is 84.9 Å². The van der Waals surface area contributed by atoms with Gasteiger partial charge in [-0.3, -0.25) is 34.2 Å². The fourth-order valence-electron chi connectivity index (χ4n) is 5.16. The van der Waals surface area contributed by atoms with E-state index in [9.17, 15) is 24.0 Å². The van der Waals surface area contributed by atoms with Gasteiger partial charge in [-0.1, -0.05) is 25.3 Å². The van der Waals surface area contributed by atoms with Crippen LogP contribution in [0.25, 0.3) is 0 Å². The maximum absolute atomic E-state index is 13.1. The Labute approximate surface area is 210 Å². The van der Waals surface area contributed by atoms with Crippen molar-refractivity contribution < 1.29 is 24.0 Å². The summed E-state index contributed by atoms with van der Waals surface area (Å²) in [6, 6.07) is 4.01. The fraction of sp³-hybridized carbons (Fsp3) is 0.577. The van der Waals surface area contributed by atoms with E-state index in [0.717, 1.165) is 69.5 Å². The second kappa shape index (κ2) is 11.7. The van der Waals surface area contributed by atoms with Crippen molar-refractivity contribution >= 4 is 35.2 Å². The van der Waals surface area contributed by atoms with E-state index in [4.69, 9.17) is 5.73 Å². The van der Waals surface area contributed by atoms with Gasteiger partial charge in [-0.2, -0.15) is 0 Å². The second-order valence-corrected chi connectivity index (χ2v) is 9.92. The molecule has 0 aliphatic carbocycles. The van der Waals surface area contributed by atoms with E-state index in [1.54, 1.807) is 12.1 Å². The predicted molar refractivity (Wildman–Crippen MR) is 133 cm³/mol. The van der Waals surface area contributed by atoms with E-state index >= 15 is 0 Å². The molecule has 0 radical (unpaired) electrons. The Hall–Kier alpha value is -3.11. The van der Waals surface area contributed by atoms with Gasteiger partial charge in [0.05, 0.1) is 16.8 Å². The van der Waals surface area contributed by atoms with Gasteiger partial charge in [0.2, 0.25) is 17.7 Å². The maximum Gasteiger partial charge on any atom is 0.264 e. The number of nitrogens with one attached hydrogen (secondary N) is 2. The van der Waals surface area contributed by atoms with Gasteiger partial charge in [-0.15, -0.1) is 0 Å². The predicted octanol–water partition coefficient (Wildman–Crippen LogP) is 1.79. The van der Waals surface area contributed by atoms with Crippen molar-refractivity contribution in [2.45, 2.75) is 76.3 Å². The fourth-order valence-corrected chi connectivity index (χ4v) is 5.16. The molecule has 1 atom stereocenters. The molecular weight excluding hydrogens is 462 g/mol. The zero-order chi connectivity index (χ0) is 25.7. The number of imide groups is 2. The molecule has 2 saturated heterocycles. The van der Waals surface area contributed by atoms with Crippen LogP contribution in [0, 0.1) is 0 Å². The van der Waals surface area contributed by atoms with Gasteiger partial charge < -0.3 is 16.0 Å². The quantitative estimate of drug-likeness (QED) is 0.330. The number of hydrogen-bond donors (Lipinski definition) is 3. The average molecular weight is 498 g/mol. The van der Waals surface area contributed by atoms with Crippen LogP contribution in [0.5, 0.6) is 0 Å². The topological polar surface area (TPSA) is 142 Å². The lowest BCUT2D eigenvalue weighted by Crippen LogP contribution is -2.54. The standard InChI is InChI=1S/C26H35N5O5/c27-17-12-15-30(16-13-17)14-5-3-1-2-4-9-21(32)28-19-8-6-7-18-23(19)26(36)31(25(18)35)20-10-11-22(33)29-24(20)34/h6-8,17,20H,1-5,9-16,27H2,(H,28,32)(H,29,33,34). The van der Waals surface area contributed by atoms with Gasteiger partial charge in [0.15, 0.2) is 0 Å². The van der Waals surface area contributed by atoms with Crippen LogP contribution in [-0.4, -0.2) is 71.1 Å². The molecular formula is C26H35N5O5. The van der Waals surface area contributed by atoms with Crippen molar-refractivity contribution in [3.63, 3.8) is 0 Å². The van der Waals surface area contributed by atoms with Crippen molar-refractivity contribution in [2.24, 2.45) is 5.73 Å². The largest absolute Gasteiger partial charge is 0.328 e. The molecule has 1 aromatic carbocycles. The Morgan fingerprint density at radius 1 is 0.972 bits per heavy atom. The number of unbranched alkanes of at least 4 members (excludes halogenated alkanes) is 4. The number of nitrogens with two attached hydrogens (primary N) is 1. The van der Waals surface area contributed by atoms with Crippen LogP contribution in [0.2, 0.25) is 0 Å². The highest BCUT2D eigenvalue weighted by atomic mass is 16.2. The smallest absolute Gasteiger partial charge is 0.264 e. The lowest BCUT2D eigenvalue weighted by Gasteiger charge is -2.29. The van der Waals surface area contributed by atoms with Crippen LogP contribution in [0.15, 0.2) is 18.2 Å². The highest BCUT2D eigenvalue weighted by molar-refractivity contribution is 6.26. The summed E-state index contributed by atoms with van der Waals surface area (Å²) >= 11 is 0. The number of carbonyl (C=O) groups excluding carboxylic acids is 5. The minimum atomic E-state index is -1.04. The van der Waals surface area contributed by atoms with Crippen molar-refractivity contribution in [3.8, 4) is 0 Å². The Balaban J connectivity index is 1.22. The zero-order valence-electron chi connectivity index (χ0n) is 20.6. The molecule has 1 unspecified atom stereocenters. The maximum atomic E-state index is 13.1. The third-order valence-corrected chi connectivity index (χ3v) is 7.25. The molecule has 10 heteroatoms. The summed E-state index contributed by atoms with van der Waals surface area (Å²) in [5.41, 5.74) is 6.47. The number of fused-ring (bicyclic) bond motifs is 1. The van der Waals surface area contributed by atoms with Crippen molar-refractivity contribution in [1.82, 2.24) is 15.1 Å². The molecule has 4 rings (SSSR count). The number of anilines is 1. The normalized spacial score (nSPS) is 21.0. The van der Waals surface area contributed by atoms with Crippen LogP contribution in [0.3, 0.4) is 0 Å². The molecule has 0 bridgehead atoms. The molecule has 36 heavy (non-hydrogen) atoms. The lowest BCUT2D eigenvalue weighted by molar-refractivity contribution is -0.136. The molecule has 3 heterocycles. The van der Waals surface area contributed by atoms with E-state index in [-0.39, 0.29) is 35.6 Å². The Kier molecular flexibility index (Phi) is 8.48.